The SMILES string of the molecule is O=C(CCn1nnc2ccccc2c1=O)N1CCN(Cc2ccc3c(c2)OCO3)CC1. The molecule has 9 nitrogen and oxygen atoms in total. The Morgan fingerprint density at radius 3 is 2.68 bits per heavy atom. The van der Waals surface area contributed by atoms with E-state index in [9.17, 15) is 9.59 Å². The van der Waals surface area contributed by atoms with Gasteiger partial charge in [0.25, 0.3) is 5.56 Å². The van der Waals surface area contributed by atoms with Crippen LogP contribution in [0.15, 0.2) is 47.3 Å². The summed E-state index contributed by atoms with van der Waals surface area (Å²) in [7, 11) is 0. The number of rotatable bonds is 5. The van der Waals surface area contributed by atoms with Crippen molar-refractivity contribution in [2.24, 2.45) is 0 Å². The van der Waals surface area contributed by atoms with Crippen molar-refractivity contribution in [3.05, 3.63) is 58.4 Å². The van der Waals surface area contributed by atoms with Crippen molar-refractivity contribution in [2.75, 3.05) is 33.0 Å². The Kier molecular flexibility index (Phi) is 5.25. The molecule has 5 rings (SSSR count). The molecule has 2 aliphatic rings. The molecule has 1 amide bonds. The van der Waals surface area contributed by atoms with E-state index in [1.807, 2.05) is 29.2 Å². The third kappa shape index (κ3) is 4.09. The average Bonchev–Trinajstić information content (AvgIpc) is 3.27. The van der Waals surface area contributed by atoms with Crippen LogP contribution in [0.2, 0.25) is 0 Å². The molecular formula is C22H23N5O4. The Morgan fingerprint density at radius 1 is 1.00 bits per heavy atom. The van der Waals surface area contributed by atoms with Gasteiger partial charge in [0.1, 0.15) is 5.52 Å². The molecule has 1 saturated heterocycles. The monoisotopic (exact) mass is 421 g/mol. The average molecular weight is 421 g/mol. The van der Waals surface area contributed by atoms with Crippen molar-refractivity contribution in [3.8, 4) is 11.5 Å². The molecule has 0 spiro atoms. The van der Waals surface area contributed by atoms with Crippen LogP contribution in [0.25, 0.3) is 10.9 Å². The van der Waals surface area contributed by atoms with Gasteiger partial charge >= 0.3 is 0 Å². The van der Waals surface area contributed by atoms with E-state index in [1.54, 1.807) is 18.2 Å². The lowest BCUT2D eigenvalue weighted by Crippen LogP contribution is -2.48. The number of benzene rings is 2. The number of piperazine rings is 1. The second kappa shape index (κ2) is 8.35. The number of hydrogen-bond acceptors (Lipinski definition) is 7. The summed E-state index contributed by atoms with van der Waals surface area (Å²) >= 11 is 0. The van der Waals surface area contributed by atoms with Crippen LogP contribution in [0.1, 0.15) is 12.0 Å². The van der Waals surface area contributed by atoms with Crippen molar-refractivity contribution in [1.82, 2.24) is 24.8 Å². The standard InChI is InChI=1S/C22H23N5O4/c28-21(7-8-27-22(29)17-3-1-2-4-18(17)23-24-27)26-11-9-25(10-12-26)14-16-5-6-19-20(13-16)31-15-30-19/h1-6,13H,7-12,14-15H2. The lowest BCUT2D eigenvalue weighted by atomic mass is 10.1. The second-order valence-corrected chi connectivity index (χ2v) is 7.73. The first-order valence-corrected chi connectivity index (χ1v) is 10.4. The highest BCUT2D eigenvalue weighted by Crippen LogP contribution is 2.32. The lowest BCUT2D eigenvalue weighted by Gasteiger charge is -2.34. The number of hydrogen-bond donors (Lipinski definition) is 0. The van der Waals surface area contributed by atoms with E-state index in [1.165, 1.54) is 10.2 Å². The van der Waals surface area contributed by atoms with Gasteiger partial charge in [-0.1, -0.05) is 23.4 Å². The molecule has 31 heavy (non-hydrogen) atoms. The molecule has 1 aromatic heterocycles. The summed E-state index contributed by atoms with van der Waals surface area (Å²) in [5.41, 5.74) is 1.51. The highest BCUT2D eigenvalue weighted by Gasteiger charge is 2.22. The fourth-order valence-corrected chi connectivity index (χ4v) is 3.98. The number of carbonyl (C=O) groups excluding carboxylic acids is 1. The van der Waals surface area contributed by atoms with E-state index in [0.29, 0.717) is 24.0 Å². The topological polar surface area (TPSA) is 89.8 Å². The van der Waals surface area contributed by atoms with Gasteiger partial charge in [-0.15, -0.1) is 5.10 Å². The molecule has 9 heteroatoms. The van der Waals surface area contributed by atoms with Crippen LogP contribution in [0.4, 0.5) is 0 Å². The van der Waals surface area contributed by atoms with Crippen molar-refractivity contribution in [3.63, 3.8) is 0 Å². The molecular weight excluding hydrogens is 398 g/mol. The molecule has 3 aromatic rings. The van der Waals surface area contributed by atoms with E-state index in [4.69, 9.17) is 9.47 Å². The quantitative estimate of drug-likeness (QED) is 0.613. The van der Waals surface area contributed by atoms with Gasteiger partial charge in [-0.3, -0.25) is 14.5 Å². The second-order valence-electron chi connectivity index (χ2n) is 7.73. The van der Waals surface area contributed by atoms with Crippen LogP contribution in [0.5, 0.6) is 11.5 Å². The number of ether oxygens (including phenoxy) is 2. The van der Waals surface area contributed by atoms with E-state index >= 15 is 0 Å². The normalized spacial score (nSPS) is 16.1. The first-order valence-electron chi connectivity index (χ1n) is 10.4. The molecule has 160 valence electrons. The third-order valence-electron chi connectivity index (χ3n) is 5.73. The summed E-state index contributed by atoms with van der Waals surface area (Å²) in [6, 6.07) is 13.1. The minimum absolute atomic E-state index is 0.0320. The van der Waals surface area contributed by atoms with Crippen molar-refractivity contribution in [2.45, 2.75) is 19.5 Å². The number of carbonyl (C=O) groups is 1. The maximum atomic E-state index is 12.7. The molecule has 0 bridgehead atoms. The van der Waals surface area contributed by atoms with Gasteiger partial charge < -0.3 is 14.4 Å². The lowest BCUT2D eigenvalue weighted by molar-refractivity contribution is -0.133. The van der Waals surface area contributed by atoms with Gasteiger partial charge in [-0.2, -0.15) is 0 Å². The van der Waals surface area contributed by atoms with Crippen LogP contribution in [0, 0.1) is 0 Å². The molecule has 3 heterocycles. The Balaban J connectivity index is 1.14. The molecule has 2 aromatic carbocycles. The predicted octanol–water partition coefficient (Wildman–Crippen LogP) is 1.25. The first kappa shape index (κ1) is 19.5. The number of fused-ring (bicyclic) bond motifs is 2. The summed E-state index contributed by atoms with van der Waals surface area (Å²) in [5, 5.41) is 8.55. The smallest absolute Gasteiger partial charge is 0.277 e. The largest absolute Gasteiger partial charge is 0.454 e. The van der Waals surface area contributed by atoms with Crippen LogP contribution in [-0.4, -0.2) is 63.7 Å². The van der Waals surface area contributed by atoms with Crippen molar-refractivity contribution >= 4 is 16.8 Å². The number of amides is 1. The molecule has 0 unspecified atom stereocenters. The van der Waals surface area contributed by atoms with Gasteiger partial charge in [0.2, 0.25) is 12.7 Å². The zero-order chi connectivity index (χ0) is 21.2. The van der Waals surface area contributed by atoms with E-state index < -0.39 is 0 Å². The molecule has 0 aliphatic carbocycles. The fraction of sp³-hybridized carbons (Fsp3) is 0.364. The van der Waals surface area contributed by atoms with Crippen molar-refractivity contribution in [1.29, 1.82) is 0 Å². The Morgan fingerprint density at radius 2 is 1.81 bits per heavy atom. The molecule has 0 radical (unpaired) electrons. The van der Waals surface area contributed by atoms with E-state index in [0.717, 1.165) is 31.1 Å². The molecule has 0 N–H and O–H groups in total. The van der Waals surface area contributed by atoms with Crippen LogP contribution < -0.4 is 15.0 Å². The number of nitrogens with zero attached hydrogens (tertiary/aromatic N) is 5. The summed E-state index contributed by atoms with van der Waals surface area (Å²) in [4.78, 5) is 29.3. The summed E-state index contributed by atoms with van der Waals surface area (Å²) in [6.07, 6.45) is 0.231. The Bertz CT molecular complexity index is 1170. The highest BCUT2D eigenvalue weighted by molar-refractivity contribution is 5.77. The van der Waals surface area contributed by atoms with E-state index in [2.05, 4.69) is 15.2 Å². The first-order chi connectivity index (χ1) is 15.2. The number of aromatic nitrogens is 3. The minimum atomic E-state index is -0.216. The van der Waals surface area contributed by atoms with Crippen LogP contribution >= 0.6 is 0 Å². The van der Waals surface area contributed by atoms with Gasteiger partial charge in [-0.05, 0) is 29.8 Å². The van der Waals surface area contributed by atoms with Crippen LogP contribution in [-0.2, 0) is 17.9 Å². The molecule has 0 atom stereocenters. The van der Waals surface area contributed by atoms with Crippen LogP contribution in [0.3, 0.4) is 0 Å². The Labute approximate surface area is 178 Å². The van der Waals surface area contributed by atoms with Gasteiger partial charge in [0.05, 0.1) is 11.9 Å². The van der Waals surface area contributed by atoms with Gasteiger partial charge in [-0.25, -0.2) is 4.68 Å². The minimum Gasteiger partial charge on any atom is -0.454 e. The third-order valence-corrected chi connectivity index (χ3v) is 5.73. The van der Waals surface area contributed by atoms with Gasteiger partial charge in [0, 0.05) is 39.1 Å². The van der Waals surface area contributed by atoms with Gasteiger partial charge in [0.15, 0.2) is 11.5 Å². The predicted molar refractivity (Wildman–Crippen MR) is 113 cm³/mol. The molecule has 0 saturated carbocycles. The zero-order valence-corrected chi connectivity index (χ0v) is 17.1. The maximum Gasteiger partial charge on any atom is 0.277 e. The zero-order valence-electron chi connectivity index (χ0n) is 17.1. The molecule has 2 aliphatic heterocycles. The maximum absolute atomic E-state index is 12.7. The van der Waals surface area contributed by atoms with E-state index in [-0.39, 0.29) is 31.2 Å². The summed E-state index contributed by atoms with van der Waals surface area (Å²) in [6.45, 7) is 4.25. The summed E-state index contributed by atoms with van der Waals surface area (Å²) in [5.74, 6) is 1.61. The fourth-order valence-electron chi connectivity index (χ4n) is 3.98. The Hall–Kier alpha value is -3.46. The number of aryl methyl sites for hydroxylation is 1. The van der Waals surface area contributed by atoms with Crippen molar-refractivity contribution < 1.29 is 14.3 Å². The summed E-state index contributed by atoms with van der Waals surface area (Å²) < 4.78 is 12.1. The highest BCUT2D eigenvalue weighted by atomic mass is 16.7. The molecule has 1 fully saturated rings.